The molecule has 0 fully saturated rings. The van der Waals surface area contributed by atoms with Crippen molar-refractivity contribution in [2.75, 3.05) is 29.4 Å². The number of anilines is 1. The van der Waals surface area contributed by atoms with E-state index in [2.05, 4.69) is 5.32 Å². The smallest absolute Gasteiger partial charge is 0.240 e. The zero-order chi connectivity index (χ0) is 21.4. The molecule has 0 atom stereocenters. The molecule has 29 heavy (non-hydrogen) atoms. The molecule has 5 nitrogen and oxygen atoms in total. The Kier molecular flexibility index (Phi) is 9.07. The third-order valence-electron chi connectivity index (χ3n) is 3.88. The van der Waals surface area contributed by atoms with Crippen LogP contribution < -0.4 is 9.62 Å². The first-order valence-electron chi connectivity index (χ1n) is 8.69. The summed E-state index contributed by atoms with van der Waals surface area (Å²) in [6, 6.07) is 11.0. The van der Waals surface area contributed by atoms with Crippen LogP contribution in [0.15, 0.2) is 42.5 Å². The summed E-state index contributed by atoms with van der Waals surface area (Å²) in [7, 11) is -3.69. The van der Waals surface area contributed by atoms with Crippen LogP contribution in [0.25, 0.3) is 0 Å². The highest BCUT2D eigenvalue weighted by Crippen LogP contribution is 2.28. The van der Waals surface area contributed by atoms with Gasteiger partial charge in [-0.15, -0.1) is 0 Å². The molecule has 0 aromatic heterocycles. The second-order valence-electron chi connectivity index (χ2n) is 6.22. The second kappa shape index (κ2) is 11.1. The molecule has 1 N–H and O–H groups in total. The van der Waals surface area contributed by atoms with Crippen molar-refractivity contribution in [3.05, 3.63) is 63.9 Å². The molecule has 158 valence electrons. The molecule has 10 heteroatoms. The van der Waals surface area contributed by atoms with Crippen molar-refractivity contribution < 1.29 is 17.6 Å². The maximum atomic E-state index is 13.5. The normalized spacial score (nSPS) is 11.3. The average molecular weight is 479 g/mol. The number of benzene rings is 2. The van der Waals surface area contributed by atoms with E-state index in [1.165, 1.54) is 24.3 Å². The van der Waals surface area contributed by atoms with Gasteiger partial charge in [-0.3, -0.25) is 9.10 Å². The number of hydrogen-bond donors (Lipinski definition) is 1. The van der Waals surface area contributed by atoms with E-state index in [4.69, 9.17) is 23.2 Å². The summed E-state index contributed by atoms with van der Waals surface area (Å²) in [6.07, 6.45) is 1.69. The number of hydrogen-bond acceptors (Lipinski definition) is 4. The van der Waals surface area contributed by atoms with Gasteiger partial charge < -0.3 is 5.32 Å². The van der Waals surface area contributed by atoms with E-state index in [0.717, 1.165) is 16.3 Å². The molecule has 0 saturated heterocycles. The molecule has 0 aliphatic rings. The fourth-order valence-corrected chi connectivity index (χ4v) is 4.51. The predicted octanol–water partition coefficient (Wildman–Crippen LogP) is 4.34. The quantitative estimate of drug-likeness (QED) is 0.515. The molecular formula is C19H21Cl2FN2O3S2. The van der Waals surface area contributed by atoms with Gasteiger partial charge in [-0.25, -0.2) is 12.8 Å². The first-order chi connectivity index (χ1) is 13.7. The number of carbonyl (C=O) groups excluding carboxylic acids is 1. The molecule has 0 saturated carbocycles. The highest BCUT2D eigenvalue weighted by atomic mass is 35.5. The van der Waals surface area contributed by atoms with Crippen LogP contribution >= 0.6 is 35.0 Å². The van der Waals surface area contributed by atoms with Crippen LogP contribution in [0, 0.1) is 5.82 Å². The van der Waals surface area contributed by atoms with Gasteiger partial charge in [0.15, 0.2) is 0 Å². The van der Waals surface area contributed by atoms with Crippen molar-refractivity contribution in [1.82, 2.24) is 5.32 Å². The lowest BCUT2D eigenvalue weighted by molar-refractivity contribution is -0.119. The largest absolute Gasteiger partial charge is 0.354 e. The van der Waals surface area contributed by atoms with Crippen LogP contribution in [0.3, 0.4) is 0 Å². The minimum absolute atomic E-state index is 0.199. The number of carbonyl (C=O) groups is 1. The number of sulfonamides is 1. The Hall–Kier alpha value is -1.48. The summed E-state index contributed by atoms with van der Waals surface area (Å²) in [5.41, 5.74) is 0.907. The van der Waals surface area contributed by atoms with Crippen molar-refractivity contribution in [3.8, 4) is 0 Å². The number of amides is 1. The summed E-state index contributed by atoms with van der Waals surface area (Å²) in [4.78, 5) is 12.2. The fourth-order valence-electron chi connectivity index (χ4n) is 2.43. The summed E-state index contributed by atoms with van der Waals surface area (Å²) in [6.45, 7) is 0.0290. The van der Waals surface area contributed by atoms with Crippen LogP contribution in [0.5, 0.6) is 0 Å². The lowest BCUT2D eigenvalue weighted by Gasteiger charge is -2.22. The summed E-state index contributed by atoms with van der Waals surface area (Å²) < 4.78 is 38.7. The van der Waals surface area contributed by atoms with Crippen LogP contribution in [-0.2, 0) is 20.6 Å². The summed E-state index contributed by atoms with van der Waals surface area (Å²) in [5, 5.41) is 3.19. The zero-order valence-corrected chi connectivity index (χ0v) is 18.8. The van der Waals surface area contributed by atoms with Gasteiger partial charge in [0.1, 0.15) is 12.4 Å². The van der Waals surface area contributed by atoms with E-state index in [-0.39, 0.29) is 23.1 Å². The second-order valence-corrected chi connectivity index (χ2v) is 10.0. The molecule has 0 heterocycles. The Bertz CT molecular complexity index is 958. The molecule has 1 amide bonds. The Morgan fingerprint density at radius 1 is 1.17 bits per heavy atom. The predicted molar refractivity (Wildman–Crippen MR) is 119 cm³/mol. The topological polar surface area (TPSA) is 66.5 Å². The molecule has 2 rings (SSSR count). The number of nitrogens with zero attached hydrogens (tertiary/aromatic N) is 1. The van der Waals surface area contributed by atoms with Gasteiger partial charge in [0.25, 0.3) is 0 Å². The monoisotopic (exact) mass is 478 g/mol. The zero-order valence-electron chi connectivity index (χ0n) is 15.7. The van der Waals surface area contributed by atoms with Gasteiger partial charge in [-0.05, 0) is 42.0 Å². The Morgan fingerprint density at radius 2 is 1.90 bits per heavy atom. The van der Waals surface area contributed by atoms with Gasteiger partial charge in [-0.1, -0.05) is 41.4 Å². The molecule has 2 aromatic rings. The van der Waals surface area contributed by atoms with Crippen LogP contribution in [0.4, 0.5) is 10.1 Å². The lowest BCUT2D eigenvalue weighted by Crippen LogP contribution is -2.40. The van der Waals surface area contributed by atoms with E-state index in [1.54, 1.807) is 30.0 Å². The van der Waals surface area contributed by atoms with Crippen molar-refractivity contribution in [2.45, 2.75) is 12.2 Å². The Morgan fingerprint density at radius 3 is 2.55 bits per heavy atom. The highest BCUT2D eigenvalue weighted by molar-refractivity contribution is 7.98. The van der Waals surface area contributed by atoms with E-state index >= 15 is 0 Å². The van der Waals surface area contributed by atoms with E-state index in [1.807, 2.05) is 0 Å². The van der Waals surface area contributed by atoms with E-state index < -0.39 is 15.9 Å². The minimum atomic E-state index is -3.69. The maximum absolute atomic E-state index is 13.5. The fraction of sp³-hybridized carbons (Fsp3) is 0.316. The third-order valence-corrected chi connectivity index (χ3v) is 6.85. The maximum Gasteiger partial charge on any atom is 0.240 e. The molecule has 0 unspecified atom stereocenters. The molecule has 0 aliphatic carbocycles. The molecule has 2 aromatic carbocycles. The summed E-state index contributed by atoms with van der Waals surface area (Å²) >= 11 is 13.4. The Labute approximate surface area is 184 Å². The number of halogens is 3. The van der Waals surface area contributed by atoms with Crippen molar-refractivity contribution in [1.29, 1.82) is 0 Å². The molecule has 0 radical (unpaired) electrons. The number of thioether (sulfide) groups is 1. The first kappa shape index (κ1) is 23.8. The van der Waals surface area contributed by atoms with Crippen molar-refractivity contribution in [2.24, 2.45) is 0 Å². The molecule has 0 spiro atoms. The van der Waals surface area contributed by atoms with Crippen LogP contribution in [-0.4, -0.2) is 39.4 Å². The standard InChI is InChI=1S/C19H21Cl2FN2O3S2/c1-29(26,27)24(15-7-8-16(20)17(21)11-15)12-19(25)23-9-4-10-28-13-14-5-2-3-6-18(14)22/h2-3,5-8,11H,4,9-10,12-13H2,1H3,(H,23,25). The molecular weight excluding hydrogens is 458 g/mol. The van der Waals surface area contributed by atoms with E-state index in [0.29, 0.717) is 29.3 Å². The first-order valence-corrected chi connectivity index (χ1v) is 12.4. The van der Waals surface area contributed by atoms with Crippen molar-refractivity contribution >= 4 is 56.6 Å². The van der Waals surface area contributed by atoms with Gasteiger partial charge in [0, 0.05) is 12.3 Å². The SMILES string of the molecule is CS(=O)(=O)N(CC(=O)NCCCSCc1ccccc1F)c1ccc(Cl)c(Cl)c1. The van der Waals surface area contributed by atoms with Gasteiger partial charge in [0.05, 0.1) is 22.0 Å². The highest BCUT2D eigenvalue weighted by Gasteiger charge is 2.21. The van der Waals surface area contributed by atoms with Crippen molar-refractivity contribution in [3.63, 3.8) is 0 Å². The van der Waals surface area contributed by atoms with E-state index in [9.17, 15) is 17.6 Å². The lowest BCUT2D eigenvalue weighted by atomic mass is 10.2. The third kappa shape index (κ3) is 7.70. The summed E-state index contributed by atoms with van der Waals surface area (Å²) in [5.74, 6) is 0.633. The number of rotatable bonds is 10. The van der Waals surface area contributed by atoms with Gasteiger partial charge in [-0.2, -0.15) is 11.8 Å². The Balaban J connectivity index is 1.80. The van der Waals surface area contributed by atoms with Crippen LogP contribution in [0.2, 0.25) is 10.0 Å². The minimum Gasteiger partial charge on any atom is -0.354 e. The number of nitrogens with one attached hydrogen (secondary N) is 1. The average Bonchev–Trinajstić information content (AvgIpc) is 2.65. The van der Waals surface area contributed by atoms with Gasteiger partial charge in [0.2, 0.25) is 15.9 Å². The van der Waals surface area contributed by atoms with Gasteiger partial charge >= 0.3 is 0 Å². The molecule has 0 aliphatic heterocycles. The van der Waals surface area contributed by atoms with Crippen LogP contribution in [0.1, 0.15) is 12.0 Å². The molecule has 0 bridgehead atoms.